The fourth-order valence-corrected chi connectivity index (χ4v) is 3.82. The average Bonchev–Trinajstić information content (AvgIpc) is 3.14. The summed E-state index contributed by atoms with van der Waals surface area (Å²) in [6.45, 7) is 0.293. The maximum absolute atomic E-state index is 12.2. The number of nitrogens with one attached hydrogen (secondary N) is 1. The fraction of sp³-hybridized carbons (Fsp3) is 0.154. The van der Waals surface area contributed by atoms with Gasteiger partial charge in [-0.3, -0.25) is 0 Å². The minimum Gasteiger partial charge on any atom is -0.497 e. The molecule has 2 N–H and O–H groups in total. The van der Waals surface area contributed by atoms with Gasteiger partial charge in [0, 0.05) is 11.5 Å². The first-order chi connectivity index (χ1) is 15.6. The monoisotopic (exact) mass is 427 g/mol. The van der Waals surface area contributed by atoms with Gasteiger partial charge in [-0.15, -0.1) is 0 Å². The van der Waals surface area contributed by atoms with E-state index >= 15 is 0 Å². The van der Waals surface area contributed by atoms with Crippen molar-refractivity contribution in [1.82, 2.24) is 5.32 Å². The Morgan fingerprint density at radius 1 is 1.00 bits per heavy atom. The normalized spacial score (nSPS) is 11.5. The molecule has 3 aromatic carbocycles. The van der Waals surface area contributed by atoms with Crippen molar-refractivity contribution in [1.29, 1.82) is 0 Å². The molecule has 0 unspecified atom stereocenters. The average molecular weight is 427 g/mol. The van der Waals surface area contributed by atoms with Gasteiger partial charge in [0.1, 0.15) is 12.4 Å². The second kappa shape index (κ2) is 9.27. The molecule has 1 aliphatic rings. The molecule has 4 rings (SSSR count). The van der Waals surface area contributed by atoms with E-state index in [1.807, 2.05) is 24.3 Å². The summed E-state index contributed by atoms with van der Waals surface area (Å²) in [6.07, 6.45) is -0.557. The van der Waals surface area contributed by atoms with Crippen LogP contribution in [-0.2, 0) is 4.74 Å². The molecule has 0 saturated heterocycles. The maximum atomic E-state index is 12.2. The molecule has 0 spiro atoms. The second-order valence-corrected chi connectivity index (χ2v) is 7.24. The van der Waals surface area contributed by atoms with Crippen LogP contribution in [0.4, 0.5) is 4.79 Å². The van der Waals surface area contributed by atoms with Gasteiger partial charge in [-0.2, -0.15) is 0 Å². The van der Waals surface area contributed by atoms with Crippen LogP contribution in [0.25, 0.3) is 11.1 Å². The van der Waals surface area contributed by atoms with Crippen LogP contribution < -0.4 is 10.1 Å². The molecule has 32 heavy (non-hydrogen) atoms. The predicted molar refractivity (Wildman–Crippen MR) is 120 cm³/mol. The van der Waals surface area contributed by atoms with Crippen LogP contribution in [0, 0.1) is 11.8 Å². The standard InChI is InChI=1S/C26H21NO5/c1-31-19-14-17(13-18(15-19)25(28)29)7-6-12-27-26(30)32-16-24-22-10-4-2-8-20(22)21-9-3-5-11-23(21)24/h2-5,8-11,13-15,24H,12,16H2,1H3,(H,27,30)(H,28,29). The Labute approximate surface area is 185 Å². The zero-order chi connectivity index (χ0) is 22.5. The van der Waals surface area contributed by atoms with E-state index in [2.05, 4.69) is 41.4 Å². The van der Waals surface area contributed by atoms with Gasteiger partial charge >= 0.3 is 12.1 Å². The van der Waals surface area contributed by atoms with Gasteiger partial charge in [-0.25, -0.2) is 9.59 Å². The van der Waals surface area contributed by atoms with Crippen LogP contribution in [0.2, 0.25) is 0 Å². The Bertz CT molecular complexity index is 1190. The Hall–Kier alpha value is -4.24. The molecular weight excluding hydrogens is 406 g/mol. The molecule has 0 atom stereocenters. The van der Waals surface area contributed by atoms with Crippen molar-refractivity contribution in [2.45, 2.75) is 5.92 Å². The van der Waals surface area contributed by atoms with E-state index in [9.17, 15) is 9.59 Å². The van der Waals surface area contributed by atoms with E-state index in [0.717, 1.165) is 11.1 Å². The van der Waals surface area contributed by atoms with Crippen LogP contribution in [-0.4, -0.2) is 37.4 Å². The number of methoxy groups -OCH3 is 1. The summed E-state index contributed by atoms with van der Waals surface area (Å²) in [5, 5.41) is 11.8. The first-order valence-electron chi connectivity index (χ1n) is 10.1. The van der Waals surface area contributed by atoms with E-state index < -0.39 is 12.1 Å². The van der Waals surface area contributed by atoms with E-state index in [1.54, 1.807) is 6.07 Å². The number of carboxylic acid groups (broad SMARTS) is 1. The Morgan fingerprint density at radius 2 is 1.66 bits per heavy atom. The molecule has 0 bridgehead atoms. The van der Waals surface area contributed by atoms with Crippen molar-refractivity contribution in [3.05, 3.63) is 89.0 Å². The highest BCUT2D eigenvalue weighted by Crippen LogP contribution is 2.44. The molecule has 1 aliphatic carbocycles. The fourth-order valence-electron chi connectivity index (χ4n) is 3.82. The Balaban J connectivity index is 1.36. The molecule has 0 radical (unpaired) electrons. The predicted octanol–water partition coefficient (Wildman–Crippen LogP) is 4.28. The smallest absolute Gasteiger partial charge is 0.407 e. The highest BCUT2D eigenvalue weighted by molar-refractivity contribution is 5.88. The molecule has 1 amide bonds. The number of amides is 1. The van der Waals surface area contributed by atoms with Gasteiger partial charge in [0.2, 0.25) is 0 Å². The molecule has 0 aliphatic heterocycles. The molecule has 0 saturated carbocycles. The lowest BCUT2D eigenvalue weighted by Gasteiger charge is -2.14. The number of hydrogen-bond acceptors (Lipinski definition) is 4. The third-order valence-corrected chi connectivity index (χ3v) is 5.29. The third kappa shape index (κ3) is 4.42. The quantitative estimate of drug-likeness (QED) is 0.594. The number of carbonyl (C=O) groups is 2. The molecule has 0 fully saturated rings. The molecule has 0 aromatic heterocycles. The van der Waals surface area contributed by atoms with E-state index in [0.29, 0.717) is 11.3 Å². The van der Waals surface area contributed by atoms with E-state index in [-0.39, 0.29) is 24.6 Å². The topological polar surface area (TPSA) is 84.9 Å². The lowest BCUT2D eigenvalue weighted by Crippen LogP contribution is -2.26. The first kappa shape index (κ1) is 21.0. The zero-order valence-electron chi connectivity index (χ0n) is 17.4. The van der Waals surface area contributed by atoms with Crippen molar-refractivity contribution in [2.75, 3.05) is 20.3 Å². The van der Waals surface area contributed by atoms with Gasteiger partial charge in [0.15, 0.2) is 0 Å². The van der Waals surface area contributed by atoms with Gasteiger partial charge in [0.05, 0.1) is 19.2 Å². The number of carbonyl (C=O) groups excluding carboxylic acids is 1. The highest BCUT2D eigenvalue weighted by Gasteiger charge is 2.28. The number of ether oxygens (including phenoxy) is 2. The van der Waals surface area contributed by atoms with Crippen molar-refractivity contribution in [3.8, 4) is 28.7 Å². The summed E-state index contributed by atoms with van der Waals surface area (Å²) in [7, 11) is 1.46. The zero-order valence-corrected chi connectivity index (χ0v) is 17.4. The molecule has 0 heterocycles. The summed E-state index contributed by atoms with van der Waals surface area (Å²) in [5.74, 6) is 4.96. The number of hydrogen-bond donors (Lipinski definition) is 2. The first-order valence-corrected chi connectivity index (χ1v) is 10.1. The van der Waals surface area contributed by atoms with Crippen molar-refractivity contribution >= 4 is 12.1 Å². The summed E-state index contributed by atoms with van der Waals surface area (Å²) in [5.41, 5.74) is 5.19. The third-order valence-electron chi connectivity index (χ3n) is 5.29. The maximum Gasteiger partial charge on any atom is 0.407 e. The molecule has 160 valence electrons. The summed E-state index contributed by atoms with van der Waals surface area (Å²) < 4.78 is 10.6. The van der Waals surface area contributed by atoms with Crippen LogP contribution >= 0.6 is 0 Å². The van der Waals surface area contributed by atoms with Crippen LogP contribution in [0.15, 0.2) is 66.7 Å². The largest absolute Gasteiger partial charge is 0.497 e. The lowest BCUT2D eigenvalue weighted by atomic mass is 9.98. The SMILES string of the molecule is COc1cc(C#CCNC(=O)OCC2c3ccccc3-c3ccccc32)cc(C(=O)O)c1. The minimum atomic E-state index is -1.07. The summed E-state index contributed by atoms with van der Waals surface area (Å²) in [6, 6.07) is 20.8. The molecule has 6 nitrogen and oxygen atoms in total. The van der Waals surface area contributed by atoms with Crippen LogP contribution in [0.1, 0.15) is 33.0 Å². The van der Waals surface area contributed by atoms with Gasteiger partial charge in [0.25, 0.3) is 0 Å². The second-order valence-electron chi connectivity index (χ2n) is 7.24. The molecule has 3 aromatic rings. The van der Waals surface area contributed by atoms with Crippen molar-refractivity contribution in [3.63, 3.8) is 0 Å². The van der Waals surface area contributed by atoms with Crippen molar-refractivity contribution in [2.24, 2.45) is 0 Å². The molecular formula is C26H21NO5. The lowest BCUT2D eigenvalue weighted by molar-refractivity contribution is 0.0696. The summed E-state index contributed by atoms with van der Waals surface area (Å²) >= 11 is 0. The molecule has 6 heteroatoms. The number of aromatic carboxylic acids is 1. The van der Waals surface area contributed by atoms with Gasteiger partial charge in [-0.1, -0.05) is 60.4 Å². The number of rotatable bonds is 5. The summed E-state index contributed by atoms with van der Waals surface area (Å²) in [4.78, 5) is 23.4. The van der Waals surface area contributed by atoms with E-state index in [4.69, 9.17) is 14.6 Å². The number of carboxylic acids is 1. The van der Waals surface area contributed by atoms with Crippen LogP contribution in [0.5, 0.6) is 5.75 Å². The van der Waals surface area contributed by atoms with E-state index in [1.165, 1.54) is 30.4 Å². The highest BCUT2D eigenvalue weighted by atomic mass is 16.5. The Kier molecular flexibility index (Phi) is 6.09. The van der Waals surface area contributed by atoms with Crippen LogP contribution in [0.3, 0.4) is 0 Å². The van der Waals surface area contributed by atoms with Gasteiger partial charge < -0.3 is 19.9 Å². The number of alkyl carbamates (subject to hydrolysis) is 1. The van der Waals surface area contributed by atoms with Crippen molar-refractivity contribution < 1.29 is 24.2 Å². The number of benzene rings is 3. The number of fused-ring (bicyclic) bond motifs is 3. The van der Waals surface area contributed by atoms with Gasteiger partial charge in [-0.05, 0) is 40.5 Å². The Morgan fingerprint density at radius 3 is 2.28 bits per heavy atom. The minimum absolute atomic E-state index is 0.00884.